The molecule has 2 aliphatic rings. The summed E-state index contributed by atoms with van der Waals surface area (Å²) < 4.78 is 35.1. The molecule has 0 saturated carbocycles. The van der Waals surface area contributed by atoms with Crippen LogP contribution in [0.5, 0.6) is 0 Å². The number of hydrogen-bond acceptors (Lipinski definition) is 8. The highest BCUT2D eigenvalue weighted by Gasteiger charge is 2.58. The van der Waals surface area contributed by atoms with Crippen LogP contribution in [-0.2, 0) is 33.9 Å². The van der Waals surface area contributed by atoms with Gasteiger partial charge in [-0.2, -0.15) is 13.5 Å². The average Bonchev–Trinajstić information content (AvgIpc) is 2.80. The molecule has 2 atom stereocenters. The van der Waals surface area contributed by atoms with Crippen molar-refractivity contribution in [2.75, 3.05) is 19.6 Å². The van der Waals surface area contributed by atoms with E-state index < -0.39 is 57.7 Å². The average molecular weight is 512 g/mol. The summed E-state index contributed by atoms with van der Waals surface area (Å²) in [5.41, 5.74) is -1.05. The molecule has 0 aliphatic carbocycles. The molecule has 0 spiro atoms. The van der Waals surface area contributed by atoms with Crippen molar-refractivity contribution in [1.82, 2.24) is 25.5 Å². The van der Waals surface area contributed by atoms with Gasteiger partial charge < -0.3 is 15.5 Å². The molecule has 0 aromatic heterocycles. The van der Waals surface area contributed by atoms with Gasteiger partial charge in [0, 0.05) is 19.6 Å². The van der Waals surface area contributed by atoms with Crippen LogP contribution in [0.1, 0.15) is 32.4 Å². The summed E-state index contributed by atoms with van der Waals surface area (Å²) in [4.78, 5) is 64.9. The molecule has 2 saturated heterocycles. The molecule has 15 heteroatoms. The highest BCUT2D eigenvalue weighted by atomic mass is 32.3. The van der Waals surface area contributed by atoms with Gasteiger partial charge in [-0.1, -0.05) is 30.3 Å². The lowest BCUT2D eigenvalue weighted by Gasteiger charge is -2.50. The van der Waals surface area contributed by atoms with Crippen LogP contribution in [0.2, 0.25) is 0 Å². The predicted molar refractivity (Wildman–Crippen MR) is 117 cm³/mol. The Labute approximate surface area is 201 Å². The van der Waals surface area contributed by atoms with E-state index in [1.54, 1.807) is 25.1 Å². The van der Waals surface area contributed by atoms with E-state index in [-0.39, 0.29) is 13.1 Å². The van der Waals surface area contributed by atoms with E-state index in [1.807, 2.05) is 0 Å². The van der Waals surface area contributed by atoms with Gasteiger partial charge >= 0.3 is 28.2 Å². The van der Waals surface area contributed by atoms with Crippen molar-refractivity contribution in [3.8, 4) is 0 Å². The number of carbonyl (C=O) groups excluding carboxylic acids is 5. The standard InChI is InChI=1S/C20H25N5O9S/c1-4-23-10-11-24(18(29)17(23)28)19(30)21-13(12-8-6-5-7-9-12)15(26)22-14-16(27)25(20(14,2)3)34-35(31,32)33/h5-9,13-14H,4,10-11H2,1-3H3,(H,21,30)(H,22,26)(H,31,32,33)/t13-,14-/m1/s1. The van der Waals surface area contributed by atoms with Crippen LogP contribution >= 0.6 is 0 Å². The van der Waals surface area contributed by atoms with Crippen LogP contribution in [-0.4, -0.2) is 88.7 Å². The number of imide groups is 1. The molecule has 190 valence electrons. The molecule has 3 rings (SSSR count). The molecular weight excluding hydrogens is 486 g/mol. The van der Waals surface area contributed by atoms with Gasteiger partial charge in [0.2, 0.25) is 5.91 Å². The molecule has 0 radical (unpaired) electrons. The summed E-state index contributed by atoms with van der Waals surface area (Å²) >= 11 is 0. The number of piperazine rings is 1. The topological polar surface area (TPSA) is 183 Å². The Hall–Kier alpha value is -3.56. The van der Waals surface area contributed by atoms with Crippen molar-refractivity contribution in [2.45, 2.75) is 38.4 Å². The van der Waals surface area contributed by atoms with Gasteiger partial charge in [0.25, 0.3) is 5.91 Å². The maximum atomic E-state index is 13.2. The highest BCUT2D eigenvalue weighted by Crippen LogP contribution is 2.33. The molecule has 3 N–H and O–H groups in total. The quantitative estimate of drug-likeness (QED) is 0.234. The number of likely N-dealkylation sites (N-methyl/N-ethyl adjacent to an activating group) is 1. The van der Waals surface area contributed by atoms with Crippen molar-refractivity contribution >= 4 is 40.1 Å². The third-order valence-corrected chi connectivity index (χ3v) is 6.07. The van der Waals surface area contributed by atoms with E-state index in [1.165, 1.54) is 30.9 Å². The zero-order valence-corrected chi connectivity index (χ0v) is 19.9. The Morgan fingerprint density at radius 3 is 2.31 bits per heavy atom. The van der Waals surface area contributed by atoms with Gasteiger partial charge in [0.1, 0.15) is 12.1 Å². The van der Waals surface area contributed by atoms with Crippen molar-refractivity contribution < 1.29 is 41.2 Å². The SMILES string of the molecule is CCN1CCN(C(=O)N[C@@H](C(=O)N[C@@H]2C(=O)N(OS(=O)(=O)O)C2(C)C)c2ccccc2)C(=O)C1=O. The smallest absolute Gasteiger partial charge is 0.340 e. The second-order valence-corrected chi connectivity index (χ2v) is 9.37. The molecule has 2 heterocycles. The molecule has 0 unspecified atom stereocenters. The summed E-state index contributed by atoms with van der Waals surface area (Å²) in [6.07, 6.45) is 0. The third kappa shape index (κ3) is 5.26. The normalized spacial score (nSPS) is 20.9. The number of hydroxylamine groups is 2. The van der Waals surface area contributed by atoms with E-state index >= 15 is 0 Å². The second kappa shape index (κ2) is 9.59. The minimum Gasteiger partial charge on any atom is -0.340 e. The lowest BCUT2D eigenvalue weighted by molar-refractivity contribution is -0.218. The first-order valence-electron chi connectivity index (χ1n) is 10.6. The highest BCUT2D eigenvalue weighted by molar-refractivity contribution is 7.80. The minimum absolute atomic E-state index is 0.0660. The van der Waals surface area contributed by atoms with E-state index in [0.29, 0.717) is 22.1 Å². The summed E-state index contributed by atoms with van der Waals surface area (Å²) in [6, 6.07) is 4.37. The number of carbonyl (C=O) groups is 5. The Bertz CT molecular complexity index is 1150. The molecule has 1 aromatic carbocycles. The molecule has 35 heavy (non-hydrogen) atoms. The van der Waals surface area contributed by atoms with Crippen LogP contribution < -0.4 is 10.6 Å². The maximum absolute atomic E-state index is 13.2. The summed E-state index contributed by atoms with van der Waals surface area (Å²) in [6.45, 7) is 4.85. The zero-order chi connectivity index (χ0) is 26.1. The first-order valence-corrected chi connectivity index (χ1v) is 11.9. The molecular formula is C20H25N5O9S. The Balaban J connectivity index is 1.78. The van der Waals surface area contributed by atoms with Gasteiger partial charge in [0.15, 0.2) is 0 Å². The zero-order valence-electron chi connectivity index (χ0n) is 19.1. The van der Waals surface area contributed by atoms with Gasteiger partial charge in [-0.3, -0.25) is 28.6 Å². The van der Waals surface area contributed by atoms with Crippen LogP contribution in [0, 0.1) is 0 Å². The number of amides is 6. The van der Waals surface area contributed by atoms with Crippen molar-refractivity contribution in [2.24, 2.45) is 0 Å². The van der Waals surface area contributed by atoms with E-state index in [0.717, 1.165) is 0 Å². The summed E-state index contributed by atoms with van der Waals surface area (Å²) in [5, 5.41) is 5.26. The maximum Gasteiger partial charge on any atom is 0.418 e. The van der Waals surface area contributed by atoms with Crippen LogP contribution in [0.15, 0.2) is 30.3 Å². The Morgan fingerprint density at radius 2 is 1.77 bits per heavy atom. The van der Waals surface area contributed by atoms with Crippen molar-refractivity contribution in [3.05, 3.63) is 35.9 Å². The molecule has 0 bridgehead atoms. The first kappa shape index (κ1) is 26.1. The minimum atomic E-state index is -4.98. The fraction of sp³-hybridized carbons (Fsp3) is 0.450. The largest absolute Gasteiger partial charge is 0.418 e. The summed E-state index contributed by atoms with van der Waals surface area (Å²) in [5.74, 6) is -3.66. The van der Waals surface area contributed by atoms with Crippen LogP contribution in [0.4, 0.5) is 4.79 Å². The number of hydrogen-bond donors (Lipinski definition) is 3. The monoisotopic (exact) mass is 511 g/mol. The Morgan fingerprint density at radius 1 is 1.14 bits per heavy atom. The van der Waals surface area contributed by atoms with E-state index in [9.17, 15) is 32.4 Å². The molecule has 1 aromatic rings. The van der Waals surface area contributed by atoms with Gasteiger partial charge in [0.05, 0.1) is 5.54 Å². The van der Waals surface area contributed by atoms with Crippen molar-refractivity contribution in [3.63, 3.8) is 0 Å². The summed E-state index contributed by atoms with van der Waals surface area (Å²) in [7, 11) is -4.98. The van der Waals surface area contributed by atoms with Gasteiger partial charge in [-0.05, 0) is 26.3 Å². The molecule has 2 aliphatic heterocycles. The lowest BCUT2D eigenvalue weighted by Crippen LogP contribution is -2.77. The number of β-lactam (4-membered cyclic amide) rings is 1. The van der Waals surface area contributed by atoms with Crippen molar-refractivity contribution in [1.29, 1.82) is 0 Å². The molecule has 6 amide bonds. The lowest BCUT2D eigenvalue weighted by atomic mass is 9.84. The van der Waals surface area contributed by atoms with E-state index in [4.69, 9.17) is 4.55 Å². The van der Waals surface area contributed by atoms with Crippen LogP contribution in [0.3, 0.4) is 0 Å². The number of rotatable bonds is 7. The predicted octanol–water partition coefficient (Wildman–Crippen LogP) is -1.03. The van der Waals surface area contributed by atoms with Crippen LogP contribution in [0.25, 0.3) is 0 Å². The van der Waals surface area contributed by atoms with Gasteiger partial charge in [-0.25, -0.2) is 4.79 Å². The number of nitrogens with zero attached hydrogens (tertiary/aromatic N) is 3. The first-order chi connectivity index (χ1) is 16.3. The second-order valence-electron chi connectivity index (χ2n) is 8.36. The Kier molecular flexibility index (Phi) is 7.14. The number of nitrogens with one attached hydrogen (secondary N) is 2. The molecule has 2 fully saturated rings. The fourth-order valence-corrected chi connectivity index (χ4v) is 4.22. The third-order valence-electron chi connectivity index (χ3n) is 5.73. The number of urea groups is 1. The fourth-order valence-electron chi connectivity index (χ4n) is 3.76. The van der Waals surface area contributed by atoms with Gasteiger partial charge in [-0.15, -0.1) is 4.28 Å². The number of benzene rings is 1. The van der Waals surface area contributed by atoms with E-state index in [2.05, 4.69) is 14.9 Å². The molecule has 14 nitrogen and oxygen atoms in total.